The molecule has 126 valence electrons. The van der Waals surface area contributed by atoms with Crippen LogP contribution < -0.4 is 20.1 Å². The second kappa shape index (κ2) is 6.56. The quantitative estimate of drug-likeness (QED) is 0.743. The molecule has 1 aromatic carbocycles. The SMILES string of the molecule is O=C(Nc1ccc2c(c1)OCO2)c1ccc(NCc2ccco2)cn1. The Kier molecular flexibility index (Phi) is 3.96. The number of anilines is 2. The molecule has 0 atom stereocenters. The average Bonchev–Trinajstić information content (AvgIpc) is 3.31. The van der Waals surface area contributed by atoms with Crippen molar-refractivity contribution in [3.8, 4) is 11.5 Å². The van der Waals surface area contributed by atoms with Gasteiger partial charge in [0.05, 0.1) is 24.7 Å². The van der Waals surface area contributed by atoms with E-state index in [9.17, 15) is 4.79 Å². The van der Waals surface area contributed by atoms with Crippen LogP contribution in [0.4, 0.5) is 11.4 Å². The number of hydrogen-bond acceptors (Lipinski definition) is 6. The van der Waals surface area contributed by atoms with Gasteiger partial charge >= 0.3 is 0 Å². The van der Waals surface area contributed by atoms with Crippen LogP contribution in [-0.4, -0.2) is 17.7 Å². The lowest BCUT2D eigenvalue weighted by molar-refractivity contribution is 0.102. The van der Waals surface area contributed by atoms with Crippen molar-refractivity contribution in [2.75, 3.05) is 17.4 Å². The van der Waals surface area contributed by atoms with E-state index in [1.807, 2.05) is 12.1 Å². The number of hydrogen-bond donors (Lipinski definition) is 2. The molecule has 3 heterocycles. The van der Waals surface area contributed by atoms with Crippen molar-refractivity contribution in [1.29, 1.82) is 0 Å². The fourth-order valence-electron chi connectivity index (χ4n) is 2.40. The Morgan fingerprint density at radius 1 is 1.08 bits per heavy atom. The van der Waals surface area contributed by atoms with E-state index in [4.69, 9.17) is 13.9 Å². The van der Waals surface area contributed by atoms with Crippen molar-refractivity contribution in [2.45, 2.75) is 6.54 Å². The molecule has 0 aliphatic carbocycles. The van der Waals surface area contributed by atoms with Crippen molar-refractivity contribution < 1.29 is 18.7 Å². The molecule has 7 heteroatoms. The summed E-state index contributed by atoms with van der Waals surface area (Å²) in [6, 6.07) is 12.4. The number of rotatable bonds is 5. The number of nitrogens with zero attached hydrogens (tertiary/aromatic N) is 1. The maximum atomic E-state index is 12.3. The maximum absolute atomic E-state index is 12.3. The Hall–Kier alpha value is -3.48. The Morgan fingerprint density at radius 3 is 2.76 bits per heavy atom. The summed E-state index contributed by atoms with van der Waals surface area (Å²) in [5.41, 5.74) is 1.74. The van der Waals surface area contributed by atoms with Gasteiger partial charge in [0.1, 0.15) is 11.5 Å². The molecular weight excluding hydrogens is 322 g/mol. The molecule has 0 saturated heterocycles. The molecule has 1 aliphatic rings. The molecule has 7 nitrogen and oxygen atoms in total. The van der Waals surface area contributed by atoms with Crippen molar-refractivity contribution in [1.82, 2.24) is 4.98 Å². The molecule has 25 heavy (non-hydrogen) atoms. The number of nitrogens with one attached hydrogen (secondary N) is 2. The first-order chi connectivity index (χ1) is 12.3. The smallest absolute Gasteiger partial charge is 0.274 e. The lowest BCUT2D eigenvalue weighted by Gasteiger charge is -2.07. The van der Waals surface area contributed by atoms with Crippen LogP contribution in [-0.2, 0) is 6.54 Å². The third-order valence-electron chi connectivity index (χ3n) is 3.67. The van der Waals surface area contributed by atoms with Gasteiger partial charge in [0.25, 0.3) is 5.91 Å². The number of ether oxygens (including phenoxy) is 2. The lowest BCUT2D eigenvalue weighted by atomic mass is 10.2. The normalized spacial score (nSPS) is 12.0. The minimum atomic E-state index is -0.295. The molecule has 0 spiro atoms. The highest BCUT2D eigenvalue weighted by Gasteiger charge is 2.15. The predicted octanol–water partition coefficient (Wildman–Crippen LogP) is 3.27. The first kappa shape index (κ1) is 15.1. The van der Waals surface area contributed by atoms with Crippen LogP contribution in [0.25, 0.3) is 0 Å². The summed E-state index contributed by atoms with van der Waals surface area (Å²) in [7, 11) is 0. The monoisotopic (exact) mass is 337 g/mol. The molecular formula is C18H15N3O4. The summed E-state index contributed by atoms with van der Waals surface area (Å²) in [6.45, 7) is 0.748. The third kappa shape index (κ3) is 3.40. The summed E-state index contributed by atoms with van der Waals surface area (Å²) >= 11 is 0. The minimum Gasteiger partial charge on any atom is -0.467 e. The van der Waals surface area contributed by atoms with E-state index < -0.39 is 0 Å². The van der Waals surface area contributed by atoms with E-state index in [0.717, 1.165) is 11.4 Å². The summed E-state index contributed by atoms with van der Waals surface area (Å²) in [6.07, 6.45) is 3.23. The number of amides is 1. The van der Waals surface area contributed by atoms with E-state index in [2.05, 4.69) is 15.6 Å². The zero-order valence-corrected chi connectivity index (χ0v) is 13.2. The van der Waals surface area contributed by atoms with Crippen LogP contribution in [0, 0.1) is 0 Å². The number of benzene rings is 1. The van der Waals surface area contributed by atoms with Gasteiger partial charge in [-0.25, -0.2) is 4.98 Å². The Labute approximate surface area is 143 Å². The van der Waals surface area contributed by atoms with Gasteiger partial charge in [-0.2, -0.15) is 0 Å². The molecule has 0 unspecified atom stereocenters. The fourth-order valence-corrected chi connectivity index (χ4v) is 2.40. The van der Waals surface area contributed by atoms with Crippen molar-refractivity contribution in [3.05, 3.63) is 66.4 Å². The van der Waals surface area contributed by atoms with Gasteiger partial charge in [-0.1, -0.05) is 0 Å². The summed E-state index contributed by atoms with van der Waals surface area (Å²) < 4.78 is 15.8. The number of furan rings is 1. The number of carbonyl (C=O) groups is 1. The van der Waals surface area contributed by atoms with Crippen molar-refractivity contribution in [2.24, 2.45) is 0 Å². The lowest BCUT2D eigenvalue weighted by Crippen LogP contribution is -2.13. The molecule has 4 rings (SSSR count). The fraction of sp³-hybridized carbons (Fsp3) is 0.111. The van der Waals surface area contributed by atoms with Crippen LogP contribution in [0.3, 0.4) is 0 Å². The average molecular weight is 337 g/mol. The van der Waals surface area contributed by atoms with Gasteiger partial charge in [0.2, 0.25) is 6.79 Å². The minimum absolute atomic E-state index is 0.195. The molecule has 3 aromatic rings. The highest BCUT2D eigenvalue weighted by molar-refractivity contribution is 6.03. The summed E-state index contributed by atoms with van der Waals surface area (Å²) in [5, 5.41) is 5.96. The number of pyridine rings is 1. The second-order valence-corrected chi connectivity index (χ2v) is 5.39. The largest absolute Gasteiger partial charge is 0.467 e. The van der Waals surface area contributed by atoms with Crippen molar-refractivity contribution >= 4 is 17.3 Å². The molecule has 1 aliphatic heterocycles. The molecule has 2 N–H and O–H groups in total. The third-order valence-corrected chi connectivity index (χ3v) is 3.67. The zero-order valence-electron chi connectivity index (χ0n) is 13.2. The topological polar surface area (TPSA) is 85.6 Å². The number of aromatic nitrogens is 1. The Bertz CT molecular complexity index is 876. The summed E-state index contributed by atoms with van der Waals surface area (Å²) in [5.74, 6) is 1.81. The Morgan fingerprint density at radius 2 is 1.96 bits per heavy atom. The second-order valence-electron chi connectivity index (χ2n) is 5.39. The highest BCUT2D eigenvalue weighted by atomic mass is 16.7. The van der Waals surface area contributed by atoms with Gasteiger partial charge < -0.3 is 24.5 Å². The van der Waals surface area contributed by atoms with E-state index in [0.29, 0.717) is 29.4 Å². The van der Waals surface area contributed by atoms with Crippen LogP contribution in [0.5, 0.6) is 11.5 Å². The van der Waals surface area contributed by atoms with Gasteiger partial charge in [-0.15, -0.1) is 0 Å². The first-order valence-corrected chi connectivity index (χ1v) is 7.71. The van der Waals surface area contributed by atoms with E-state index in [-0.39, 0.29) is 12.7 Å². The molecule has 0 fully saturated rings. The van der Waals surface area contributed by atoms with E-state index in [1.54, 1.807) is 42.8 Å². The van der Waals surface area contributed by atoms with Gasteiger partial charge in [-0.05, 0) is 36.4 Å². The molecule has 1 amide bonds. The van der Waals surface area contributed by atoms with Crippen LogP contribution in [0.15, 0.2) is 59.3 Å². The number of fused-ring (bicyclic) bond motifs is 1. The first-order valence-electron chi connectivity index (χ1n) is 7.71. The highest BCUT2D eigenvalue weighted by Crippen LogP contribution is 2.34. The van der Waals surface area contributed by atoms with E-state index in [1.165, 1.54) is 0 Å². The standard InChI is InChI=1S/C18H15N3O4/c22-18(21-12-4-6-16-17(8-12)25-11-24-16)15-5-3-13(9-20-15)19-10-14-2-1-7-23-14/h1-9,19H,10-11H2,(H,21,22). The van der Waals surface area contributed by atoms with E-state index >= 15 is 0 Å². The zero-order chi connectivity index (χ0) is 17.1. The van der Waals surface area contributed by atoms with Gasteiger partial charge in [0, 0.05) is 11.8 Å². The van der Waals surface area contributed by atoms with Crippen LogP contribution in [0.1, 0.15) is 16.2 Å². The molecule has 0 bridgehead atoms. The Balaban J connectivity index is 1.38. The maximum Gasteiger partial charge on any atom is 0.274 e. The van der Waals surface area contributed by atoms with Gasteiger partial charge in [0.15, 0.2) is 11.5 Å². The molecule has 2 aromatic heterocycles. The van der Waals surface area contributed by atoms with Crippen LogP contribution >= 0.6 is 0 Å². The molecule has 0 radical (unpaired) electrons. The molecule has 0 saturated carbocycles. The van der Waals surface area contributed by atoms with Gasteiger partial charge in [-0.3, -0.25) is 4.79 Å². The summed E-state index contributed by atoms with van der Waals surface area (Å²) in [4.78, 5) is 16.5. The van der Waals surface area contributed by atoms with Crippen molar-refractivity contribution in [3.63, 3.8) is 0 Å². The number of carbonyl (C=O) groups excluding carboxylic acids is 1. The predicted molar refractivity (Wildman–Crippen MR) is 90.8 cm³/mol. The van der Waals surface area contributed by atoms with Crippen LogP contribution in [0.2, 0.25) is 0 Å².